The number of allylic oxidation sites excluding steroid dienone is 1. The number of H-pyrrole nitrogens is 1. The number of ketones is 1. The van der Waals surface area contributed by atoms with Crippen LogP contribution in [-0.2, 0) is 0 Å². The van der Waals surface area contributed by atoms with Crippen molar-refractivity contribution in [1.29, 1.82) is 0 Å². The molecule has 1 N–H and O–H groups in total. The summed E-state index contributed by atoms with van der Waals surface area (Å²) in [5.41, 5.74) is 0.253. The van der Waals surface area contributed by atoms with Crippen LogP contribution in [0.1, 0.15) is 21.1 Å². The van der Waals surface area contributed by atoms with E-state index in [9.17, 15) is 19.7 Å². The number of hydrogen-bond donors (Lipinski definition) is 1. The number of nitro groups is 1. The van der Waals surface area contributed by atoms with Crippen molar-refractivity contribution in [1.82, 2.24) is 9.97 Å². The first-order valence-electron chi connectivity index (χ1n) is 6.91. The van der Waals surface area contributed by atoms with Gasteiger partial charge in [-0.15, -0.1) is 11.3 Å². The fraction of sp³-hybridized carbons (Fsp3) is 0.0625. The quantitative estimate of drug-likeness (QED) is 0.340. The highest BCUT2D eigenvalue weighted by atomic mass is 32.1. The van der Waals surface area contributed by atoms with Crippen LogP contribution in [0.15, 0.2) is 41.2 Å². The summed E-state index contributed by atoms with van der Waals surface area (Å²) in [6.45, 7) is 1.86. The molecular formula is C16H11N3O4S. The minimum atomic E-state index is -0.495. The Morgan fingerprint density at radius 1 is 1.33 bits per heavy atom. The summed E-state index contributed by atoms with van der Waals surface area (Å²) >= 11 is 1.35. The molecule has 0 saturated heterocycles. The Balaban J connectivity index is 1.86. The zero-order valence-corrected chi connectivity index (χ0v) is 13.3. The standard InChI is InChI=1S/C16H11N3O4S/c1-9-8-12-15(21)17-14(18-16(12)24-9)13(20)7-4-10-2-5-11(6-3-10)19(22)23/h2-8H,1H3,(H,17,18,21)/b7-4+. The molecule has 7 nitrogen and oxygen atoms in total. The van der Waals surface area contributed by atoms with Crippen LogP contribution in [0.5, 0.6) is 0 Å². The maximum absolute atomic E-state index is 12.2. The van der Waals surface area contributed by atoms with E-state index in [0.717, 1.165) is 4.88 Å². The van der Waals surface area contributed by atoms with Crippen molar-refractivity contribution in [2.24, 2.45) is 0 Å². The SMILES string of the molecule is Cc1cc2c(=O)[nH]c(C(=O)/C=C/c3ccc([N+](=O)[O-])cc3)nc2s1. The number of non-ortho nitro benzene ring substituents is 1. The maximum atomic E-state index is 12.2. The first-order chi connectivity index (χ1) is 11.4. The second kappa shape index (κ2) is 6.17. The summed E-state index contributed by atoms with van der Waals surface area (Å²) in [7, 11) is 0. The lowest BCUT2D eigenvalue weighted by Gasteiger charge is -1.96. The van der Waals surface area contributed by atoms with Gasteiger partial charge in [0.05, 0.1) is 10.3 Å². The van der Waals surface area contributed by atoms with Crippen LogP contribution >= 0.6 is 11.3 Å². The van der Waals surface area contributed by atoms with Gasteiger partial charge in [-0.1, -0.05) is 6.08 Å². The van der Waals surface area contributed by atoms with Crippen molar-refractivity contribution < 1.29 is 9.72 Å². The van der Waals surface area contributed by atoms with Gasteiger partial charge in [0.2, 0.25) is 5.78 Å². The number of rotatable bonds is 4. The Hall–Kier alpha value is -3.13. The van der Waals surface area contributed by atoms with Gasteiger partial charge in [-0.25, -0.2) is 4.98 Å². The molecule has 0 bridgehead atoms. The summed E-state index contributed by atoms with van der Waals surface area (Å²) in [4.78, 5) is 42.3. The van der Waals surface area contributed by atoms with E-state index in [0.29, 0.717) is 15.8 Å². The highest BCUT2D eigenvalue weighted by Crippen LogP contribution is 2.20. The lowest BCUT2D eigenvalue weighted by atomic mass is 10.2. The van der Waals surface area contributed by atoms with Gasteiger partial charge in [0.15, 0.2) is 5.82 Å². The van der Waals surface area contributed by atoms with Crippen LogP contribution in [0.25, 0.3) is 16.3 Å². The molecule has 0 radical (unpaired) electrons. The van der Waals surface area contributed by atoms with Crippen molar-refractivity contribution in [2.75, 3.05) is 0 Å². The summed E-state index contributed by atoms with van der Waals surface area (Å²) < 4.78 is 0. The third-order valence-electron chi connectivity index (χ3n) is 3.29. The van der Waals surface area contributed by atoms with Crippen molar-refractivity contribution in [2.45, 2.75) is 6.92 Å². The first-order valence-corrected chi connectivity index (χ1v) is 7.73. The predicted molar refractivity (Wildman–Crippen MR) is 91.4 cm³/mol. The topological polar surface area (TPSA) is 106 Å². The van der Waals surface area contributed by atoms with E-state index < -0.39 is 10.7 Å². The van der Waals surface area contributed by atoms with E-state index in [1.165, 1.54) is 47.8 Å². The van der Waals surface area contributed by atoms with Gasteiger partial charge >= 0.3 is 0 Å². The Morgan fingerprint density at radius 3 is 2.71 bits per heavy atom. The fourth-order valence-corrected chi connectivity index (χ4v) is 3.01. The molecule has 3 aromatic rings. The zero-order valence-electron chi connectivity index (χ0n) is 12.5. The second-order valence-electron chi connectivity index (χ2n) is 5.04. The van der Waals surface area contributed by atoms with Crippen LogP contribution in [0, 0.1) is 17.0 Å². The lowest BCUT2D eigenvalue weighted by Crippen LogP contribution is -2.13. The number of fused-ring (bicyclic) bond motifs is 1. The van der Waals surface area contributed by atoms with Gasteiger partial charge in [-0.2, -0.15) is 0 Å². The molecule has 24 heavy (non-hydrogen) atoms. The number of aromatic amines is 1. The number of hydrogen-bond acceptors (Lipinski definition) is 6. The summed E-state index contributed by atoms with van der Waals surface area (Å²) in [5.74, 6) is -0.481. The highest BCUT2D eigenvalue weighted by molar-refractivity contribution is 7.18. The van der Waals surface area contributed by atoms with Crippen LogP contribution < -0.4 is 5.56 Å². The largest absolute Gasteiger partial charge is 0.303 e. The Bertz CT molecular complexity index is 1030. The molecule has 1 aromatic carbocycles. The molecule has 0 spiro atoms. The molecule has 0 amide bonds. The number of benzene rings is 1. The lowest BCUT2D eigenvalue weighted by molar-refractivity contribution is -0.384. The predicted octanol–water partition coefficient (Wildman–Crippen LogP) is 3.10. The number of carbonyl (C=O) groups excluding carboxylic acids is 1. The van der Waals surface area contributed by atoms with E-state index >= 15 is 0 Å². The molecule has 0 saturated carbocycles. The Morgan fingerprint density at radius 2 is 2.04 bits per heavy atom. The maximum Gasteiger partial charge on any atom is 0.269 e. The number of nitrogens with one attached hydrogen (secondary N) is 1. The summed E-state index contributed by atoms with van der Waals surface area (Å²) in [6, 6.07) is 7.50. The van der Waals surface area contributed by atoms with E-state index in [-0.39, 0.29) is 17.1 Å². The van der Waals surface area contributed by atoms with Crippen LogP contribution in [0.2, 0.25) is 0 Å². The normalized spacial score (nSPS) is 11.2. The third kappa shape index (κ3) is 3.13. The Labute approximate surface area is 139 Å². The second-order valence-corrected chi connectivity index (χ2v) is 6.27. The molecule has 0 unspecified atom stereocenters. The molecule has 0 aliphatic carbocycles. The molecule has 3 rings (SSSR count). The summed E-state index contributed by atoms with van der Waals surface area (Å²) in [6.07, 6.45) is 2.78. The van der Waals surface area contributed by atoms with Crippen molar-refractivity contribution in [3.8, 4) is 0 Å². The molecule has 120 valence electrons. The number of nitro benzene ring substituents is 1. The fourth-order valence-electron chi connectivity index (χ4n) is 2.13. The first kappa shape index (κ1) is 15.8. The van der Waals surface area contributed by atoms with Gasteiger partial charge in [0, 0.05) is 17.0 Å². The molecular weight excluding hydrogens is 330 g/mol. The van der Waals surface area contributed by atoms with Crippen molar-refractivity contribution in [3.63, 3.8) is 0 Å². The number of nitrogens with zero attached hydrogens (tertiary/aromatic N) is 2. The third-order valence-corrected chi connectivity index (χ3v) is 4.23. The van der Waals surface area contributed by atoms with Gasteiger partial charge in [-0.05, 0) is 36.8 Å². The van der Waals surface area contributed by atoms with E-state index in [4.69, 9.17) is 0 Å². The van der Waals surface area contributed by atoms with Crippen molar-refractivity contribution >= 4 is 39.1 Å². The van der Waals surface area contributed by atoms with Gasteiger partial charge in [0.1, 0.15) is 4.83 Å². The van der Waals surface area contributed by atoms with Gasteiger partial charge < -0.3 is 4.98 Å². The Kier molecular flexibility index (Phi) is 4.05. The zero-order chi connectivity index (χ0) is 17.3. The minimum Gasteiger partial charge on any atom is -0.303 e. The molecule has 0 atom stereocenters. The van der Waals surface area contributed by atoms with E-state index in [1.807, 2.05) is 6.92 Å². The molecule has 0 aliphatic heterocycles. The van der Waals surface area contributed by atoms with E-state index in [1.54, 1.807) is 6.07 Å². The number of aryl methyl sites for hydroxylation is 1. The number of thiophene rings is 1. The van der Waals surface area contributed by atoms with Gasteiger partial charge in [-0.3, -0.25) is 19.7 Å². The monoisotopic (exact) mass is 341 g/mol. The van der Waals surface area contributed by atoms with E-state index in [2.05, 4.69) is 9.97 Å². The molecule has 2 aromatic heterocycles. The average molecular weight is 341 g/mol. The van der Waals surface area contributed by atoms with Crippen LogP contribution in [0.4, 0.5) is 5.69 Å². The van der Waals surface area contributed by atoms with Gasteiger partial charge in [0.25, 0.3) is 11.2 Å². The van der Waals surface area contributed by atoms with Crippen LogP contribution in [-0.4, -0.2) is 20.7 Å². The summed E-state index contributed by atoms with van der Waals surface area (Å²) in [5, 5.41) is 11.1. The molecule has 0 fully saturated rings. The molecule has 0 aliphatic rings. The smallest absolute Gasteiger partial charge is 0.269 e. The number of aromatic nitrogens is 2. The van der Waals surface area contributed by atoms with Crippen LogP contribution in [0.3, 0.4) is 0 Å². The van der Waals surface area contributed by atoms with Crippen molar-refractivity contribution in [3.05, 3.63) is 73.1 Å². The molecule has 8 heteroatoms. The minimum absolute atomic E-state index is 0.0250. The molecule has 2 heterocycles. The average Bonchev–Trinajstić information content (AvgIpc) is 2.94. The number of carbonyl (C=O) groups is 1. The highest BCUT2D eigenvalue weighted by Gasteiger charge is 2.11.